The van der Waals surface area contributed by atoms with Crippen LogP contribution in [0.2, 0.25) is 0 Å². The van der Waals surface area contributed by atoms with E-state index < -0.39 is 0 Å². The molecule has 1 fully saturated rings. The van der Waals surface area contributed by atoms with Crippen molar-refractivity contribution in [2.45, 2.75) is 71.1 Å². The number of fused-ring (bicyclic) bond motifs is 4. The molecule has 2 unspecified atom stereocenters. The summed E-state index contributed by atoms with van der Waals surface area (Å²) in [6, 6.07) is 42.3. The summed E-state index contributed by atoms with van der Waals surface area (Å²) in [5.74, 6) is 0.767. The maximum absolute atomic E-state index is 6.56. The van der Waals surface area contributed by atoms with Gasteiger partial charge < -0.3 is 9.32 Å². The van der Waals surface area contributed by atoms with Crippen LogP contribution in [-0.4, -0.2) is 0 Å². The summed E-state index contributed by atoms with van der Waals surface area (Å²) in [6.07, 6.45) is 20.8. The van der Waals surface area contributed by atoms with Crippen molar-refractivity contribution in [1.29, 1.82) is 0 Å². The highest BCUT2D eigenvalue weighted by Gasteiger charge is 2.45. The Morgan fingerprint density at radius 1 is 0.679 bits per heavy atom. The molecule has 2 atom stereocenters. The average molecular weight is 692 g/mol. The highest BCUT2D eigenvalue weighted by molar-refractivity contribution is 6.06. The average Bonchev–Trinajstić information content (AvgIpc) is 3.56. The number of anilines is 3. The van der Waals surface area contributed by atoms with Crippen LogP contribution < -0.4 is 4.90 Å². The van der Waals surface area contributed by atoms with E-state index in [0.717, 1.165) is 27.6 Å². The SMILES string of the molecule is CC(C)(C)c1ccc(-c2ccccc2)c(N(c2ccc3c(c2)oc2ccccc23)c2ccccc2C2C=CC=C3C=CC=C(C4CCCCC4)C32C)c1. The van der Waals surface area contributed by atoms with E-state index in [1.807, 2.05) is 0 Å². The molecule has 0 spiro atoms. The highest BCUT2D eigenvalue weighted by Crippen LogP contribution is 2.58. The van der Waals surface area contributed by atoms with Crippen LogP contribution in [0.1, 0.15) is 76.8 Å². The molecule has 53 heavy (non-hydrogen) atoms. The van der Waals surface area contributed by atoms with Crippen molar-refractivity contribution in [3.05, 3.63) is 174 Å². The van der Waals surface area contributed by atoms with Crippen LogP contribution in [0, 0.1) is 11.3 Å². The molecule has 3 aliphatic rings. The lowest BCUT2D eigenvalue weighted by atomic mass is 9.57. The van der Waals surface area contributed by atoms with Crippen molar-refractivity contribution in [3.8, 4) is 11.1 Å². The minimum absolute atomic E-state index is 0.0365. The molecule has 2 heteroatoms. The van der Waals surface area contributed by atoms with Crippen molar-refractivity contribution in [2.75, 3.05) is 4.90 Å². The zero-order valence-corrected chi connectivity index (χ0v) is 31.5. The minimum atomic E-state index is -0.147. The maximum atomic E-state index is 6.56. The molecule has 0 N–H and O–H groups in total. The molecule has 0 aliphatic heterocycles. The van der Waals surface area contributed by atoms with Crippen molar-refractivity contribution in [1.82, 2.24) is 0 Å². The van der Waals surface area contributed by atoms with Gasteiger partial charge in [0.2, 0.25) is 0 Å². The Bertz CT molecular complexity index is 2440. The van der Waals surface area contributed by atoms with Crippen LogP contribution in [0.5, 0.6) is 0 Å². The first kappa shape index (κ1) is 33.5. The molecule has 264 valence electrons. The number of hydrogen-bond donors (Lipinski definition) is 0. The van der Waals surface area contributed by atoms with E-state index in [1.54, 1.807) is 5.57 Å². The van der Waals surface area contributed by atoms with E-state index in [-0.39, 0.29) is 16.7 Å². The normalized spacial score (nSPS) is 20.3. The molecule has 5 aromatic carbocycles. The van der Waals surface area contributed by atoms with Gasteiger partial charge in [-0.1, -0.05) is 168 Å². The largest absolute Gasteiger partial charge is 0.456 e. The fraction of sp³-hybridized carbons (Fsp3) is 0.255. The van der Waals surface area contributed by atoms with Crippen molar-refractivity contribution in [3.63, 3.8) is 0 Å². The fourth-order valence-electron chi connectivity index (χ4n) is 9.47. The Morgan fingerprint density at radius 2 is 1.43 bits per heavy atom. The van der Waals surface area contributed by atoms with Crippen LogP contribution in [0.4, 0.5) is 17.1 Å². The molecule has 0 amide bonds. The molecule has 1 aromatic heterocycles. The number of rotatable bonds is 6. The van der Waals surface area contributed by atoms with Crippen LogP contribution in [0.25, 0.3) is 33.1 Å². The second kappa shape index (κ2) is 13.3. The van der Waals surface area contributed by atoms with Gasteiger partial charge in [-0.2, -0.15) is 0 Å². The Hall–Kier alpha value is -5.34. The summed E-state index contributed by atoms with van der Waals surface area (Å²) < 4.78 is 6.56. The summed E-state index contributed by atoms with van der Waals surface area (Å²) in [6.45, 7) is 9.45. The molecule has 0 radical (unpaired) electrons. The lowest BCUT2D eigenvalue weighted by Gasteiger charge is -2.47. The minimum Gasteiger partial charge on any atom is -0.456 e. The van der Waals surface area contributed by atoms with E-state index in [9.17, 15) is 0 Å². The van der Waals surface area contributed by atoms with Crippen LogP contribution in [0.15, 0.2) is 167 Å². The van der Waals surface area contributed by atoms with Crippen molar-refractivity contribution < 1.29 is 4.42 Å². The van der Waals surface area contributed by atoms with E-state index in [4.69, 9.17) is 4.42 Å². The molecule has 1 saturated carbocycles. The standard InChI is InChI=1S/C51H49NO/c1-50(2,3)38-29-31-40(35-17-7-5-8-18-35)47(33-38)52(39-30-32-42-41-23-12-14-28-48(41)53-49(42)34-39)46-27-13-11-24-43(46)45-26-16-22-37-21-15-25-44(51(37,45)4)36-19-9-6-10-20-36/h5,7-8,11-18,21-34,36,45H,6,9-10,19-20H2,1-4H3. The van der Waals surface area contributed by atoms with E-state index in [2.05, 4.69) is 184 Å². The third-order valence-corrected chi connectivity index (χ3v) is 12.3. The van der Waals surface area contributed by atoms with E-state index in [0.29, 0.717) is 5.92 Å². The predicted octanol–water partition coefficient (Wildman–Crippen LogP) is 14.7. The number of hydrogen-bond acceptors (Lipinski definition) is 2. The molecule has 6 aromatic rings. The molecular weight excluding hydrogens is 643 g/mol. The number of furan rings is 1. The van der Waals surface area contributed by atoms with Crippen LogP contribution in [0.3, 0.4) is 0 Å². The second-order valence-electron chi connectivity index (χ2n) is 16.5. The van der Waals surface area contributed by atoms with Gasteiger partial charge in [-0.3, -0.25) is 0 Å². The van der Waals surface area contributed by atoms with Crippen molar-refractivity contribution in [2.24, 2.45) is 11.3 Å². The lowest BCUT2D eigenvalue weighted by Crippen LogP contribution is -2.36. The Balaban J connectivity index is 1.30. The summed E-state index contributed by atoms with van der Waals surface area (Å²) in [5, 5.41) is 2.28. The smallest absolute Gasteiger partial charge is 0.137 e. The quantitative estimate of drug-likeness (QED) is 0.173. The topological polar surface area (TPSA) is 16.4 Å². The molecular formula is C51H49NO. The molecule has 2 nitrogen and oxygen atoms in total. The van der Waals surface area contributed by atoms with E-state index >= 15 is 0 Å². The van der Waals surface area contributed by atoms with Crippen molar-refractivity contribution >= 4 is 39.0 Å². The third-order valence-electron chi connectivity index (χ3n) is 12.3. The predicted molar refractivity (Wildman–Crippen MR) is 224 cm³/mol. The van der Waals surface area contributed by atoms with Gasteiger partial charge in [-0.05, 0) is 76.8 Å². The van der Waals surface area contributed by atoms with Gasteiger partial charge >= 0.3 is 0 Å². The van der Waals surface area contributed by atoms with E-state index in [1.165, 1.54) is 71.3 Å². The Labute approximate surface area is 314 Å². The molecule has 3 aliphatic carbocycles. The van der Waals surface area contributed by atoms with Crippen LogP contribution >= 0.6 is 0 Å². The first-order valence-electron chi connectivity index (χ1n) is 19.6. The first-order chi connectivity index (χ1) is 25.8. The number of nitrogens with zero attached hydrogens (tertiary/aromatic N) is 1. The third kappa shape index (κ3) is 5.80. The zero-order valence-electron chi connectivity index (χ0n) is 31.5. The van der Waals surface area contributed by atoms with Gasteiger partial charge in [0.05, 0.1) is 5.69 Å². The highest BCUT2D eigenvalue weighted by atomic mass is 16.3. The van der Waals surface area contributed by atoms with Gasteiger partial charge in [0.25, 0.3) is 0 Å². The summed E-state index contributed by atoms with van der Waals surface area (Å²) in [4.78, 5) is 2.53. The molecule has 9 rings (SSSR count). The van der Waals surface area contributed by atoms with Gasteiger partial charge in [0.1, 0.15) is 11.2 Å². The monoisotopic (exact) mass is 691 g/mol. The fourth-order valence-corrected chi connectivity index (χ4v) is 9.47. The number of benzene rings is 5. The molecule has 0 bridgehead atoms. The van der Waals surface area contributed by atoms with Gasteiger partial charge in [-0.15, -0.1) is 0 Å². The number of allylic oxidation sites excluding steroid dienone is 8. The zero-order chi connectivity index (χ0) is 36.2. The summed E-state index contributed by atoms with van der Waals surface area (Å²) in [7, 11) is 0. The lowest BCUT2D eigenvalue weighted by molar-refractivity contribution is 0.317. The maximum Gasteiger partial charge on any atom is 0.137 e. The first-order valence-corrected chi connectivity index (χ1v) is 19.6. The molecule has 1 heterocycles. The number of para-hydroxylation sites is 2. The summed E-state index contributed by atoms with van der Waals surface area (Å²) >= 11 is 0. The van der Waals surface area contributed by atoms with Crippen LogP contribution in [-0.2, 0) is 5.41 Å². The Kier molecular flexibility index (Phi) is 8.38. The van der Waals surface area contributed by atoms with Gasteiger partial charge in [0, 0.05) is 45.1 Å². The second-order valence-corrected chi connectivity index (χ2v) is 16.5. The van der Waals surface area contributed by atoms with Gasteiger partial charge in [-0.25, -0.2) is 0 Å². The summed E-state index contributed by atoms with van der Waals surface area (Å²) in [5.41, 5.74) is 13.1. The molecule has 0 saturated heterocycles. The van der Waals surface area contributed by atoms with Gasteiger partial charge in [0.15, 0.2) is 0 Å². The Morgan fingerprint density at radius 3 is 2.26 bits per heavy atom.